The molecular weight excluding hydrogens is 404 g/mol. The lowest BCUT2D eigenvalue weighted by Gasteiger charge is -2.17. The minimum Gasteiger partial charge on any atom is -0.307 e. The maximum absolute atomic E-state index is 11.6. The van der Waals surface area contributed by atoms with Gasteiger partial charge >= 0.3 is 0 Å². The summed E-state index contributed by atoms with van der Waals surface area (Å²) in [6.07, 6.45) is 13.5. The molecule has 3 nitrogen and oxygen atoms in total. The molecule has 0 amide bonds. The van der Waals surface area contributed by atoms with Crippen molar-refractivity contribution >= 4 is 11.5 Å². The molecule has 1 heterocycles. The highest BCUT2D eigenvalue weighted by Gasteiger charge is 2.30. The molecule has 1 N–H and O–H groups in total. The van der Waals surface area contributed by atoms with Gasteiger partial charge in [0.25, 0.3) is 0 Å². The molecule has 2 unspecified atom stereocenters. The van der Waals surface area contributed by atoms with Gasteiger partial charge in [0.15, 0.2) is 0 Å². The fourth-order valence-corrected chi connectivity index (χ4v) is 4.39. The monoisotopic (exact) mass is 448 g/mol. The van der Waals surface area contributed by atoms with Crippen molar-refractivity contribution in [3.63, 3.8) is 0 Å². The molecule has 0 bridgehead atoms. The predicted octanol–water partition coefficient (Wildman–Crippen LogP) is 7.75. The summed E-state index contributed by atoms with van der Waals surface area (Å²) in [7, 11) is 0. The molecule has 0 saturated heterocycles. The molecule has 180 valence electrons. The Kier molecular flexibility index (Phi) is 10.8. The maximum Gasteiger partial charge on any atom is 0.133 e. The van der Waals surface area contributed by atoms with Gasteiger partial charge in [0.2, 0.25) is 0 Å². The van der Waals surface area contributed by atoms with Crippen LogP contribution in [0.2, 0.25) is 0 Å². The number of nitrogens with one attached hydrogen (secondary N) is 1. The van der Waals surface area contributed by atoms with Crippen LogP contribution in [0.4, 0.5) is 0 Å². The number of aryl methyl sites for hydroxylation is 2. The normalized spacial score (nSPS) is 19.2. The van der Waals surface area contributed by atoms with Crippen LogP contribution in [0.3, 0.4) is 0 Å². The number of ketones is 1. The van der Waals surface area contributed by atoms with Gasteiger partial charge in [-0.1, -0.05) is 63.3 Å². The van der Waals surface area contributed by atoms with Crippen LogP contribution >= 0.6 is 0 Å². The first-order chi connectivity index (χ1) is 15.8. The van der Waals surface area contributed by atoms with Gasteiger partial charge in [-0.15, -0.1) is 0 Å². The quantitative estimate of drug-likeness (QED) is 0.372. The highest BCUT2D eigenvalue weighted by Crippen LogP contribution is 2.41. The summed E-state index contributed by atoms with van der Waals surface area (Å²) in [6, 6.07) is 7.06. The van der Waals surface area contributed by atoms with E-state index in [9.17, 15) is 4.79 Å². The standard InChI is InChI=1S/C16H24O.C14H20N2/c1-5-7-14(11-16(17)6-2)15-9-8-12(3)13(4)10-15;1-4-6-13(12(5-2)11-7-8-11)14-9-10(3)15-16-14/h8-10,14H,5-7,11H2,1-4H3;4-6,10-11,15H,1,7-9H2,2-3H3/b;12-5-,13-6+. The molecule has 33 heavy (non-hydrogen) atoms. The van der Waals surface area contributed by atoms with Crippen LogP contribution in [0.25, 0.3) is 0 Å². The van der Waals surface area contributed by atoms with E-state index < -0.39 is 0 Å². The van der Waals surface area contributed by atoms with Crippen molar-refractivity contribution in [3.05, 3.63) is 70.8 Å². The number of nitrogens with zero attached hydrogens (tertiary/aromatic N) is 1. The molecule has 0 spiro atoms. The van der Waals surface area contributed by atoms with Crippen LogP contribution in [0.5, 0.6) is 0 Å². The Labute approximate surface area is 202 Å². The summed E-state index contributed by atoms with van der Waals surface area (Å²) in [5.74, 6) is 1.54. The molecule has 1 saturated carbocycles. The van der Waals surface area contributed by atoms with Gasteiger partial charge in [-0.05, 0) is 81.1 Å². The Morgan fingerprint density at radius 1 is 1.24 bits per heavy atom. The second-order valence-electron chi connectivity index (χ2n) is 9.55. The third-order valence-electron chi connectivity index (χ3n) is 6.66. The van der Waals surface area contributed by atoms with Gasteiger partial charge in [0, 0.05) is 30.9 Å². The molecular formula is C30H44N2O. The van der Waals surface area contributed by atoms with Crippen molar-refractivity contribution < 1.29 is 4.79 Å². The zero-order valence-corrected chi connectivity index (χ0v) is 21.7. The van der Waals surface area contributed by atoms with Crippen molar-refractivity contribution in [3.8, 4) is 0 Å². The number of hydrogen-bond donors (Lipinski definition) is 1. The third kappa shape index (κ3) is 8.14. The Bertz CT molecular complexity index is 902. The number of hydrogen-bond acceptors (Lipinski definition) is 3. The first-order valence-electron chi connectivity index (χ1n) is 12.7. The molecule has 2 atom stereocenters. The Morgan fingerprint density at radius 3 is 2.45 bits per heavy atom. The van der Waals surface area contributed by atoms with E-state index in [0.717, 1.165) is 25.2 Å². The van der Waals surface area contributed by atoms with Gasteiger partial charge < -0.3 is 5.43 Å². The minimum absolute atomic E-state index is 0.377. The van der Waals surface area contributed by atoms with Crippen molar-refractivity contribution in [2.24, 2.45) is 11.0 Å². The van der Waals surface area contributed by atoms with Crippen molar-refractivity contribution in [2.45, 2.75) is 98.4 Å². The topological polar surface area (TPSA) is 41.5 Å². The van der Waals surface area contributed by atoms with E-state index in [4.69, 9.17) is 0 Å². The van der Waals surface area contributed by atoms with E-state index in [-0.39, 0.29) is 0 Å². The van der Waals surface area contributed by atoms with Gasteiger partial charge in [-0.3, -0.25) is 4.79 Å². The molecule has 2 aliphatic rings. The van der Waals surface area contributed by atoms with E-state index in [1.807, 2.05) is 13.0 Å². The summed E-state index contributed by atoms with van der Waals surface area (Å²) < 4.78 is 0. The molecule has 3 heteroatoms. The molecule has 0 radical (unpaired) electrons. The summed E-state index contributed by atoms with van der Waals surface area (Å²) in [5, 5.41) is 4.42. The van der Waals surface area contributed by atoms with Crippen LogP contribution in [-0.4, -0.2) is 17.5 Å². The number of allylic oxidation sites excluding steroid dienone is 5. The number of rotatable bonds is 10. The lowest BCUT2D eigenvalue weighted by molar-refractivity contribution is -0.119. The fourth-order valence-electron chi connectivity index (χ4n) is 4.39. The largest absolute Gasteiger partial charge is 0.307 e. The summed E-state index contributed by atoms with van der Waals surface area (Å²) in [5.41, 5.74) is 11.0. The van der Waals surface area contributed by atoms with E-state index in [2.05, 4.69) is 82.1 Å². The van der Waals surface area contributed by atoms with Crippen molar-refractivity contribution in [2.75, 3.05) is 0 Å². The zero-order valence-electron chi connectivity index (χ0n) is 21.7. The van der Waals surface area contributed by atoms with Crippen molar-refractivity contribution in [1.29, 1.82) is 0 Å². The predicted molar refractivity (Wildman–Crippen MR) is 143 cm³/mol. The average Bonchev–Trinajstić information content (AvgIpc) is 3.55. The fraction of sp³-hybridized carbons (Fsp3) is 0.533. The highest BCUT2D eigenvalue weighted by atomic mass is 16.1. The smallest absolute Gasteiger partial charge is 0.133 e. The third-order valence-corrected chi connectivity index (χ3v) is 6.66. The van der Waals surface area contributed by atoms with Crippen molar-refractivity contribution in [1.82, 2.24) is 5.43 Å². The van der Waals surface area contributed by atoms with Gasteiger partial charge in [0.1, 0.15) is 5.78 Å². The first kappa shape index (κ1) is 26.8. The van der Waals surface area contributed by atoms with E-state index in [1.54, 1.807) is 0 Å². The molecule has 1 aromatic carbocycles. The second kappa shape index (κ2) is 13.3. The number of benzene rings is 1. The maximum atomic E-state index is 11.6. The van der Waals surface area contributed by atoms with Crippen LogP contribution in [-0.2, 0) is 4.79 Å². The Hall–Kier alpha value is -2.42. The zero-order chi connectivity index (χ0) is 24.4. The Balaban J connectivity index is 0.000000234. The Morgan fingerprint density at radius 2 is 1.97 bits per heavy atom. The number of hydrazone groups is 1. The second-order valence-corrected chi connectivity index (χ2v) is 9.55. The van der Waals surface area contributed by atoms with Gasteiger partial charge in [-0.25, -0.2) is 0 Å². The van der Waals surface area contributed by atoms with Crippen LogP contribution in [0.15, 0.2) is 59.3 Å². The van der Waals surface area contributed by atoms with Crippen LogP contribution in [0.1, 0.15) is 95.2 Å². The number of Topliss-reactive ketones (excluding diaryl/α,β-unsaturated/α-hetero) is 1. The van der Waals surface area contributed by atoms with Crippen LogP contribution < -0.4 is 5.43 Å². The van der Waals surface area contributed by atoms with Gasteiger partial charge in [-0.2, -0.15) is 5.10 Å². The number of carbonyl (C=O) groups excluding carboxylic acids is 1. The minimum atomic E-state index is 0.377. The molecule has 1 aliphatic heterocycles. The molecule has 0 aromatic heterocycles. The molecule has 1 aromatic rings. The van der Waals surface area contributed by atoms with E-state index in [1.165, 1.54) is 46.4 Å². The SMILES string of the molecule is C=C/C=C(C1=NNC(C)C1)\C(=C/C)C1CC1.CCCC(CC(=O)CC)c1ccc(C)c(C)c1. The summed E-state index contributed by atoms with van der Waals surface area (Å²) >= 11 is 0. The summed E-state index contributed by atoms with van der Waals surface area (Å²) in [4.78, 5) is 11.6. The molecule has 1 fully saturated rings. The lowest BCUT2D eigenvalue weighted by atomic mass is 9.88. The highest BCUT2D eigenvalue weighted by molar-refractivity contribution is 6.05. The average molecular weight is 449 g/mol. The van der Waals surface area contributed by atoms with E-state index in [0.29, 0.717) is 30.6 Å². The first-order valence-corrected chi connectivity index (χ1v) is 12.7. The molecule has 1 aliphatic carbocycles. The summed E-state index contributed by atoms with van der Waals surface area (Å²) in [6.45, 7) is 16.5. The number of carbonyl (C=O) groups is 1. The van der Waals surface area contributed by atoms with Gasteiger partial charge in [0.05, 0.1) is 5.71 Å². The molecule has 3 rings (SSSR count). The van der Waals surface area contributed by atoms with E-state index >= 15 is 0 Å². The van der Waals surface area contributed by atoms with Crippen LogP contribution in [0, 0.1) is 19.8 Å². The lowest BCUT2D eigenvalue weighted by Crippen LogP contribution is -2.14.